The van der Waals surface area contributed by atoms with E-state index in [1.807, 2.05) is 0 Å². The fourth-order valence-electron chi connectivity index (χ4n) is 2.18. The van der Waals surface area contributed by atoms with Crippen molar-refractivity contribution in [2.75, 3.05) is 0 Å². The lowest BCUT2D eigenvalue weighted by Crippen LogP contribution is -2.04. The molecular formula is C15H10ClF3N. The van der Waals surface area contributed by atoms with Crippen LogP contribution in [0.25, 0.3) is 11.1 Å². The van der Waals surface area contributed by atoms with Crippen molar-refractivity contribution in [1.29, 1.82) is 0 Å². The highest BCUT2D eigenvalue weighted by atomic mass is 35.5. The van der Waals surface area contributed by atoms with Crippen LogP contribution >= 0.6 is 11.6 Å². The molecule has 0 saturated heterocycles. The Morgan fingerprint density at radius 1 is 1.15 bits per heavy atom. The SMILES string of the molecule is FC(F)(F)c1ccc(-c2ccncc2C2[CH]C2)c(Cl)c1. The van der Waals surface area contributed by atoms with Gasteiger partial charge in [-0.15, -0.1) is 0 Å². The van der Waals surface area contributed by atoms with Gasteiger partial charge in [0.1, 0.15) is 0 Å². The zero-order valence-electron chi connectivity index (χ0n) is 10.3. The van der Waals surface area contributed by atoms with E-state index in [4.69, 9.17) is 11.6 Å². The van der Waals surface area contributed by atoms with Crippen LogP contribution in [0.2, 0.25) is 5.02 Å². The average molecular weight is 297 g/mol. The summed E-state index contributed by atoms with van der Waals surface area (Å²) in [6, 6.07) is 5.24. The molecule has 3 rings (SSSR count). The van der Waals surface area contributed by atoms with E-state index >= 15 is 0 Å². The number of alkyl halides is 3. The van der Waals surface area contributed by atoms with Crippen LogP contribution in [0.4, 0.5) is 13.2 Å². The molecule has 2 aromatic rings. The highest BCUT2D eigenvalue weighted by Gasteiger charge is 2.32. The number of pyridine rings is 1. The Kier molecular flexibility index (Phi) is 3.21. The van der Waals surface area contributed by atoms with E-state index in [1.165, 1.54) is 6.07 Å². The highest BCUT2D eigenvalue weighted by molar-refractivity contribution is 6.33. The summed E-state index contributed by atoms with van der Waals surface area (Å²) in [5, 5.41) is 0.105. The molecule has 1 heterocycles. The van der Waals surface area contributed by atoms with E-state index in [0.717, 1.165) is 29.7 Å². The topological polar surface area (TPSA) is 12.9 Å². The molecule has 1 radical (unpaired) electrons. The maximum atomic E-state index is 12.6. The molecule has 0 spiro atoms. The summed E-state index contributed by atoms with van der Waals surface area (Å²) in [6.07, 6.45) is 2.08. The van der Waals surface area contributed by atoms with Crippen LogP contribution in [0.5, 0.6) is 0 Å². The second kappa shape index (κ2) is 4.77. The summed E-state index contributed by atoms with van der Waals surface area (Å²) < 4.78 is 37.9. The molecule has 1 aromatic carbocycles. The van der Waals surface area contributed by atoms with Gasteiger partial charge in [-0.3, -0.25) is 4.98 Å². The van der Waals surface area contributed by atoms with Crippen molar-refractivity contribution in [3.63, 3.8) is 0 Å². The molecule has 1 aliphatic carbocycles. The lowest BCUT2D eigenvalue weighted by Gasteiger charge is -2.12. The van der Waals surface area contributed by atoms with Gasteiger partial charge in [-0.25, -0.2) is 0 Å². The predicted octanol–water partition coefficient (Wildman–Crippen LogP) is 5.11. The minimum absolute atomic E-state index is 0.105. The first kappa shape index (κ1) is 13.4. The van der Waals surface area contributed by atoms with E-state index < -0.39 is 11.7 Å². The minimum Gasteiger partial charge on any atom is -0.264 e. The first-order valence-electron chi connectivity index (χ1n) is 6.11. The van der Waals surface area contributed by atoms with E-state index in [2.05, 4.69) is 11.4 Å². The summed E-state index contributed by atoms with van der Waals surface area (Å²) in [5.41, 5.74) is 1.73. The summed E-state index contributed by atoms with van der Waals surface area (Å²) in [6.45, 7) is 0. The molecule has 1 aromatic heterocycles. The van der Waals surface area contributed by atoms with Crippen molar-refractivity contribution in [2.24, 2.45) is 0 Å². The van der Waals surface area contributed by atoms with Crippen molar-refractivity contribution >= 4 is 11.6 Å². The van der Waals surface area contributed by atoms with Crippen LogP contribution in [-0.4, -0.2) is 4.98 Å². The molecule has 5 heteroatoms. The Morgan fingerprint density at radius 3 is 2.50 bits per heavy atom. The van der Waals surface area contributed by atoms with Gasteiger partial charge in [-0.2, -0.15) is 13.2 Å². The lowest BCUT2D eigenvalue weighted by atomic mass is 9.98. The van der Waals surface area contributed by atoms with Gasteiger partial charge in [-0.05, 0) is 48.1 Å². The third-order valence-corrected chi connectivity index (χ3v) is 3.62. The van der Waals surface area contributed by atoms with Gasteiger partial charge in [0.2, 0.25) is 0 Å². The first-order valence-corrected chi connectivity index (χ1v) is 6.49. The van der Waals surface area contributed by atoms with E-state index in [0.29, 0.717) is 11.5 Å². The molecule has 0 aliphatic heterocycles. The van der Waals surface area contributed by atoms with Crippen molar-refractivity contribution in [2.45, 2.75) is 18.5 Å². The van der Waals surface area contributed by atoms with Crippen LogP contribution < -0.4 is 0 Å². The number of nitrogens with zero attached hydrogens (tertiary/aromatic N) is 1. The summed E-state index contributed by atoms with van der Waals surface area (Å²) in [7, 11) is 0. The van der Waals surface area contributed by atoms with Gasteiger partial charge in [0.25, 0.3) is 0 Å². The predicted molar refractivity (Wildman–Crippen MR) is 71.3 cm³/mol. The van der Waals surface area contributed by atoms with Gasteiger partial charge < -0.3 is 0 Å². The third kappa shape index (κ3) is 2.52. The molecule has 1 aliphatic rings. The van der Waals surface area contributed by atoms with Crippen molar-refractivity contribution < 1.29 is 13.2 Å². The zero-order chi connectivity index (χ0) is 14.3. The van der Waals surface area contributed by atoms with E-state index in [-0.39, 0.29) is 5.02 Å². The third-order valence-electron chi connectivity index (χ3n) is 3.31. The quantitative estimate of drug-likeness (QED) is 0.750. The van der Waals surface area contributed by atoms with Crippen LogP contribution in [0.3, 0.4) is 0 Å². The molecule has 0 N–H and O–H groups in total. The Balaban J connectivity index is 2.07. The summed E-state index contributed by atoms with van der Waals surface area (Å²) in [4.78, 5) is 4.08. The number of aromatic nitrogens is 1. The normalized spacial score (nSPS) is 15.4. The average Bonchev–Trinajstić information content (AvgIpc) is 3.22. The Bertz CT molecular complexity index is 648. The summed E-state index contributed by atoms with van der Waals surface area (Å²) in [5.74, 6) is 0.331. The smallest absolute Gasteiger partial charge is 0.264 e. The number of hydrogen-bond donors (Lipinski definition) is 0. The Morgan fingerprint density at radius 2 is 1.90 bits per heavy atom. The molecule has 20 heavy (non-hydrogen) atoms. The maximum absolute atomic E-state index is 12.6. The van der Waals surface area contributed by atoms with Gasteiger partial charge >= 0.3 is 6.18 Å². The minimum atomic E-state index is -4.38. The van der Waals surface area contributed by atoms with Crippen molar-refractivity contribution in [3.8, 4) is 11.1 Å². The van der Waals surface area contributed by atoms with Crippen LogP contribution in [0, 0.1) is 6.42 Å². The largest absolute Gasteiger partial charge is 0.416 e. The molecule has 1 saturated carbocycles. The number of halogens is 4. The van der Waals surface area contributed by atoms with Crippen LogP contribution in [0.1, 0.15) is 23.5 Å². The molecular weight excluding hydrogens is 287 g/mol. The molecule has 1 fully saturated rings. The monoisotopic (exact) mass is 296 g/mol. The highest BCUT2D eigenvalue weighted by Crippen LogP contribution is 2.44. The van der Waals surface area contributed by atoms with Crippen molar-refractivity contribution in [3.05, 3.63) is 59.2 Å². The van der Waals surface area contributed by atoms with Gasteiger partial charge in [0.05, 0.1) is 5.56 Å². The molecule has 1 nitrogen and oxygen atoms in total. The Labute approximate surface area is 119 Å². The number of hydrogen-bond acceptors (Lipinski definition) is 1. The molecule has 0 amide bonds. The number of benzene rings is 1. The molecule has 0 bridgehead atoms. The zero-order valence-corrected chi connectivity index (χ0v) is 11.0. The lowest BCUT2D eigenvalue weighted by molar-refractivity contribution is -0.137. The van der Waals surface area contributed by atoms with Gasteiger partial charge in [0, 0.05) is 23.0 Å². The molecule has 1 atom stereocenters. The second-order valence-corrected chi connectivity index (χ2v) is 5.14. The molecule has 103 valence electrons. The van der Waals surface area contributed by atoms with Crippen LogP contribution in [0.15, 0.2) is 36.7 Å². The standard InChI is InChI=1S/C15H10ClF3N/c16-14-7-10(15(17,18)19)3-4-12(14)11-5-6-20-8-13(11)9-1-2-9/h1,3-9H,2H2. The Hall–Kier alpha value is -1.55. The van der Waals surface area contributed by atoms with Gasteiger partial charge in [0.15, 0.2) is 0 Å². The van der Waals surface area contributed by atoms with E-state index in [9.17, 15) is 13.2 Å². The first-order chi connectivity index (χ1) is 9.47. The van der Waals surface area contributed by atoms with Crippen molar-refractivity contribution in [1.82, 2.24) is 4.98 Å². The van der Waals surface area contributed by atoms with E-state index in [1.54, 1.807) is 18.5 Å². The van der Waals surface area contributed by atoms with Crippen LogP contribution in [-0.2, 0) is 6.18 Å². The maximum Gasteiger partial charge on any atom is 0.416 e. The van der Waals surface area contributed by atoms with Gasteiger partial charge in [-0.1, -0.05) is 17.7 Å². The molecule has 1 unspecified atom stereocenters. The second-order valence-electron chi connectivity index (χ2n) is 4.73. The summed E-state index contributed by atoms with van der Waals surface area (Å²) >= 11 is 6.04. The fourth-order valence-corrected chi connectivity index (χ4v) is 2.46. The fraction of sp³-hybridized carbons (Fsp3) is 0.200. The number of rotatable bonds is 2.